The molecule has 20 heavy (non-hydrogen) atoms. The highest BCUT2D eigenvalue weighted by atomic mass is 35.5. The van der Waals surface area contributed by atoms with Gasteiger partial charge in [-0.1, -0.05) is 17.7 Å². The summed E-state index contributed by atoms with van der Waals surface area (Å²) < 4.78 is 18.3. The molecule has 6 heteroatoms. The van der Waals surface area contributed by atoms with E-state index in [1.165, 1.54) is 19.2 Å². The summed E-state index contributed by atoms with van der Waals surface area (Å²) in [6.45, 7) is 0. The van der Waals surface area contributed by atoms with Crippen LogP contribution >= 0.6 is 11.6 Å². The fraction of sp³-hybridized carbons (Fsp3) is 0.0714. The molecule has 0 aliphatic rings. The average molecular weight is 295 g/mol. The van der Waals surface area contributed by atoms with Crippen LogP contribution < -0.4 is 15.4 Å². The number of hydrogen-bond donors (Lipinski definition) is 2. The van der Waals surface area contributed by atoms with Crippen molar-refractivity contribution in [2.45, 2.75) is 0 Å². The minimum absolute atomic E-state index is 0.116. The predicted molar refractivity (Wildman–Crippen MR) is 77.0 cm³/mol. The second-order valence-electron chi connectivity index (χ2n) is 3.94. The maximum absolute atomic E-state index is 13.5. The largest absolute Gasteiger partial charge is 0.494 e. The van der Waals surface area contributed by atoms with E-state index in [1.54, 1.807) is 30.3 Å². The number of anilines is 2. The second-order valence-corrected chi connectivity index (χ2v) is 4.38. The van der Waals surface area contributed by atoms with Crippen molar-refractivity contribution >= 4 is 29.0 Å². The van der Waals surface area contributed by atoms with Gasteiger partial charge >= 0.3 is 6.03 Å². The zero-order chi connectivity index (χ0) is 14.5. The van der Waals surface area contributed by atoms with E-state index in [-0.39, 0.29) is 5.75 Å². The molecule has 2 aromatic rings. The number of ether oxygens (including phenoxy) is 1. The molecule has 104 valence electrons. The van der Waals surface area contributed by atoms with Crippen molar-refractivity contribution in [1.82, 2.24) is 0 Å². The SMILES string of the molecule is COc1ccc(NC(=O)Nc2cccc(Cl)c2)cc1F. The van der Waals surface area contributed by atoms with Crippen LogP contribution in [-0.2, 0) is 0 Å². The minimum Gasteiger partial charge on any atom is -0.494 e. The summed E-state index contributed by atoms with van der Waals surface area (Å²) in [4.78, 5) is 11.7. The standard InChI is InChI=1S/C14H12ClFN2O2/c1-20-13-6-5-11(8-12(13)16)18-14(19)17-10-4-2-3-9(15)7-10/h2-8H,1H3,(H2,17,18,19). The first-order chi connectivity index (χ1) is 9.58. The van der Waals surface area contributed by atoms with Crippen LogP contribution in [0.2, 0.25) is 5.02 Å². The third-order valence-electron chi connectivity index (χ3n) is 2.49. The van der Waals surface area contributed by atoms with Crippen LogP contribution in [0, 0.1) is 5.82 Å². The molecule has 2 rings (SSSR count). The third kappa shape index (κ3) is 3.61. The highest BCUT2D eigenvalue weighted by Crippen LogP contribution is 2.21. The summed E-state index contributed by atoms with van der Waals surface area (Å²) in [6.07, 6.45) is 0. The third-order valence-corrected chi connectivity index (χ3v) is 2.73. The van der Waals surface area contributed by atoms with Crippen molar-refractivity contribution in [3.8, 4) is 5.75 Å². The molecule has 2 amide bonds. The summed E-state index contributed by atoms with van der Waals surface area (Å²) in [7, 11) is 1.37. The Labute approximate surface area is 120 Å². The van der Waals surface area contributed by atoms with Gasteiger partial charge in [0.15, 0.2) is 11.6 Å². The fourth-order valence-electron chi connectivity index (χ4n) is 1.60. The predicted octanol–water partition coefficient (Wildman–Crippen LogP) is 4.13. The summed E-state index contributed by atoms with van der Waals surface area (Å²) in [5.41, 5.74) is 0.867. The number of carbonyl (C=O) groups excluding carboxylic acids is 1. The molecule has 2 N–H and O–H groups in total. The van der Waals surface area contributed by atoms with Gasteiger partial charge in [0, 0.05) is 22.5 Å². The fourth-order valence-corrected chi connectivity index (χ4v) is 1.79. The molecule has 0 spiro atoms. The van der Waals surface area contributed by atoms with Crippen LogP contribution in [0.25, 0.3) is 0 Å². The molecular formula is C14H12ClFN2O2. The van der Waals surface area contributed by atoms with E-state index < -0.39 is 11.8 Å². The van der Waals surface area contributed by atoms with Gasteiger partial charge in [-0.15, -0.1) is 0 Å². The lowest BCUT2D eigenvalue weighted by molar-refractivity contribution is 0.262. The molecule has 0 heterocycles. The van der Waals surface area contributed by atoms with Gasteiger partial charge in [0.2, 0.25) is 0 Å². The van der Waals surface area contributed by atoms with E-state index in [0.717, 1.165) is 0 Å². The van der Waals surface area contributed by atoms with Gasteiger partial charge in [0.1, 0.15) is 0 Å². The van der Waals surface area contributed by atoms with Gasteiger partial charge in [-0.25, -0.2) is 9.18 Å². The lowest BCUT2D eigenvalue weighted by Crippen LogP contribution is -2.19. The van der Waals surface area contributed by atoms with Crippen LogP contribution in [0.15, 0.2) is 42.5 Å². The topological polar surface area (TPSA) is 50.4 Å². The lowest BCUT2D eigenvalue weighted by Gasteiger charge is -2.09. The highest BCUT2D eigenvalue weighted by molar-refractivity contribution is 6.30. The van der Waals surface area contributed by atoms with Crippen molar-refractivity contribution in [1.29, 1.82) is 0 Å². The Morgan fingerprint density at radius 1 is 1.15 bits per heavy atom. The van der Waals surface area contributed by atoms with E-state index in [4.69, 9.17) is 16.3 Å². The van der Waals surface area contributed by atoms with Crippen LogP contribution in [-0.4, -0.2) is 13.1 Å². The van der Waals surface area contributed by atoms with Crippen molar-refractivity contribution in [3.05, 3.63) is 53.3 Å². The van der Waals surface area contributed by atoms with E-state index in [9.17, 15) is 9.18 Å². The average Bonchev–Trinajstić information content (AvgIpc) is 2.38. The summed E-state index contributed by atoms with van der Waals surface area (Å²) in [5.74, 6) is -0.432. The van der Waals surface area contributed by atoms with E-state index in [0.29, 0.717) is 16.4 Å². The molecule has 0 bridgehead atoms. The number of nitrogens with one attached hydrogen (secondary N) is 2. The summed E-state index contributed by atoms with van der Waals surface area (Å²) in [5, 5.41) is 5.62. The van der Waals surface area contributed by atoms with Crippen LogP contribution in [0.1, 0.15) is 0 Å². The molecule has 0 aromatic heterocycles. The van der Waals surface area contributed by atoms with Gasteiger partial charge in [0.05, 0.1) is 7.11 Å². The highest BCUT2D eigenvalue weighted by Gasteiger charge is 2.07. The van der Waals surface area contributed by atoms with Gasteiger partial charge < -0.3 is 15.4 Å². The van der Waals surface area contributed by atoms with E-state index in [2.05, 4.69) is 10.6 Å². The molecular weight excluding hydrogens is 283 g/mol. The molecule has 2 aromatic carbocycles. The number of halogens is 2. The normalized spacial score (nSPS) is 9.95. The molecule has 0 unspecified atom stereocenters. The van der Waals surface area contributed by atoms with Crippen molar-refractivity contribution in [2.24, 2.45) is 0 Å². The number of urea groups is 1. The van der Waals surface area contributed by atoms with Crippen LogP contribution in [0.3, 0.4) is 0 Å². The maximum Gasteiger partial charge on any atom is 0.323 e. The van der Waals surface area contributed by atoms with Gasteiger partial charge in [-0.3, -0.25) is 0 Å². The number of carbonyl (C=O) groups is 1. The zero-order valence-corrected chi connectivity index (χ0v) is 11.4. The summed E-state index contributed by atoms with van der Waals surface area (Å²) >= 11 is 5.81. The quantitative estimate of drug-likeness (QED) is 0.894. The smallest absolute Gasteiger partial charge is 0.323 e. The zero-order valence-electron chi connectivity index (χ0n) is 10.6. The van der Waals surface area contributed by atoms with Crippen molar-refractivity contribution in [2.75, 3.05) is 17.7 Å². The number of hydrogen-bond acceptors (Lipinski definition) is 2. The minimum atomic E-state index is -0.548. The second kappa shape index (κ2) is 6.25. The Balaban J connectivity index is 2.03. The molecule has 0 fully saturated rings. The summed E-state index contributed by atoms with van der Waals surface area (Å²) in [6, 6.07) is 10.4. The number of rotatable bonds is 3. The Kier molecular flexibility index (Phi) is 4.42. The monoisotopic (exact) mass is 294 g/mol. The molecule has 4 nitrogen and oxygen atoms in total. The number of amides is 2. The first-order valence-electron chi connectivity index (χ1n) is 5.75. The Morgan fingerprint density at radius 3 is 2.45 bits per heavy atom. The van der Waals surface area contributed by atoms with E-state index in [1.807, 2.05) is 0 Å². The van der Waals surface area contributed by atoms with Crippen LogP contribution in [0.5, 0.6) is 5.75 Å². The van der Waals surface area contributed by atoms with Crippen LogP contribution in [0.4, 0.5) is 20.6 Å². The molecule has 0 aliphatic carbocycles. The Hall–Kier alpha value is -2.27. The molecule has 0 radical (unpaired) electrons. The Bertz CT molecular complexity index is 634. The molecule has 0 aliphatic heterocycles. The molecule has 0 saturated carbocycles. The Morgan fingerprint density at radius 2 is 1.85 bits per heavy atom. The number of methoxy groups -OCH3 is 1. The first kappa shape index (κ1) is 14.1. The van der Waals surface area contributed by atoms with E-state index >= 15 is 0 Å². The van der Waals surface area contributed by atoms with Crippen molar-refractivity contribution in [3.63, 3.8) is 0 Å². The molecule has 0 saturated heterocycles. The van der Waals surface area contributed by atoms with Gasteiger partial charge in [-0.05, 0) is 30.3 Å². The lowest BCUT2D eigenvalue weighted by atomic mass is 10.3. The molecule has 0 atom stereocenters. The number of benzene rings is 2. The van der Waals surface area contributed by atoms with Gasteiger partial charge in [-0.2, -0.15) is 0 Å². The van der Waals surface area contributed by atoms with Crippen molar-refractivity contribution < 1.29 is 13.9 Å². The van der Waals surface area contributed by atoms with Gasteiger partial charge in [0.25, 0.3) is 0 Å². The first-order valence-corrected chi connectivity index (χ1v) is 6.13. The maximum atomic E-state index is 13.5.